The molecule has 0 atom stereocenters. The number of hydrogen-bond acceptors (Lipinski definition) is 4. The number of fused-ring (bicyclic) bond motifs is 1. The molecule has 1 aromatic rings. The van der Waals surface area contributed by atoms with Crippen LogP contribution in [0.3, 0.4) is 0 Å². The van der Waals surface area contributed by atoms with Crippen LogP contribution in [-0.2, 0) is 11.2 Å². The molecule has 22 heavy (non-hydrogen) atoms. The molecule has 0 saturated heterocycles. The number of aryl methyl sites for hydroxylation is 1. The minimum absolute atomic E-state index is 0.173. The minimum Gasteiger partial charge on any atom is -0.399 e. The van der Waals surface area contributed by atoms with Gasteiger partial charge in [-0.05, 0) is 51.2 Å². The molecule has 122 valence electrons. The topological polar surface area (TPSA) is 52.8 Å². The van der Waals surface area contributed by atoms with Gasteiger partial charge in [-0.1, -0.05) is 13.0 Å². The standard InChI is InChI=1S/C17H28N4O/c1-4-20(11-10-19(2)3)13-17(22)21-9-5-6-14-7-8-15(18)12-16(14)21/h7-8,12H,4-6,9-11,13,18H2,1-3H3. The van der Waals surface area contributed by atoms with Gasteiger partial charge in [0.1, 0.15) is 0 Å². The Bertz CT molecular complexity index is 515. The van der Waals surface area contributed by atoms with Gasteiger partial charge < -0.3 is 15.5 Å². The lowest BCUT2D eigenvalue weighted by atomic mass is 10.0. The number of carbonyl (C=O) groups is 1. The fourth-order valence-electron chi connectivity index (χ4n) is 2.82. The molecule has 0 unspecified atom stereocenters. The summed E-state index contributed by atoms with van der Waals surface area (Å²) in [4.78, 5) is 19.0. The van der Waals surface area contributed by atoms with Crippen LogP contribution in [0.15, 0.2) is 18.2 Å². The predicted octanol–water partition coefficient (Wildman–Crippen LogP) is 1.43. The molecule has 0 fully saturated rings. The second kappa shape index (κ2) is 7.61. The van der Waals surface area contributed by atoms with Gasteiger partial charge in [0, 0.05) is 31.0 Å². The van der Waals surface area contributed by atoms with Crippen LogP contribution >= 0.6 is 0 Å². The van der Waals surface area contributed by atoms with Crippen molar-refractivity contribution < 1.29 is 4.79 Å². The number of amides is 1. The molecular formula is C17H28N4O. The second-order valence-electron chi connectivity index (χ2n) is 6.21. The Morgan fingerprint density at radius 3 is 2.77 bits per heavy atom. The number of anilines is 2. The third-order valence-electron chi connectivity index (χ3n) is 4.20. The van der Waals surface area contributed by atoms with Gasteiger partial charge in [0.15, 0.2) is 0 Å². The van der Waals surface area contributed by atoms with Gasteiger partial charge in [-0.15, -0.1) is 0 Å². The van der Waals surface area contributed by atoms with E-state index in [1.54, 1.807) is 0 Å². The summed E-state index contributed by atoms with van der Waals surface area (Å²) in [6, 6.07) is 5.90. The van der Waals surface area contributed by atoms with Crippen molar-refractivity contribution in [2.45, 2.75) is 19.8 Å². The van der Waals surface area contributed by atoms with E-state index < -0.39 is 0 Å². The molecule has 0 aromatic heterocycles. The summed E-state index contributed by atoms with van der Waals surface area (Å²) in [5.74, 6) is 0.173. The van der Waals surface area contributed by atoms with Gasteiger partial charge in [0.05, 0.1) is 6.54 Å². The number of nitrogens with two attached hydrogens (primary N) is 1. The number of benzene rings is 1. The molecule has 1 aliphatic rings. The zero-order valence-corrected chi connectivity index (χ0v) is 14.0. The maximum Gasteiger partial charge on any atom is 0.241 e. The first kappa shape index (κ1) is 16.8. The van der Waals surface area contributed by atoms with E-state index in [1.165, 1.54) is 5.56 Å². The smallest absolute Gasteiger partial charge is 0.241 e. The van der Waals surface area contributed by atoms with Gasteiger partial charge in [-0.3, -0.25) is 9.69 Å². The summed E-state index contributed by atoms with van der Waals surface area (Å²) in [5, 5.41) is 0. The molecule has 0 saturated carbocycles. The van der Waals surface area contributed by atoms with Crippen molar-refractivity contribution in [1.29, 1.82) is 0 Å². The molecule has 0 radical (unpaired) electrons. The first-order valence-corrected chi connectivity index (χ1v) is 8.07. The molecule has 5 nitrogen and oxygen atoms in total. The molecular weight excluding hydrogens is 276 g/mol. The summed E-state index contributed by atoms with van der Waals surface area (Å²) >= 11 is 0. The zero-order valence-electron chi connectivity index (χ0n) is 14.0. The van der Waals surface area contributed by atoms with E-state index in [2.05, 4.69) is 30.8 Å². The Kier molecular flexibility index (Phi) is 5.80. The number of hydrogen-bond donors (Lipinski definition) is 1. The summed E-state index contributed by atoms with van der Waals surface area (Å²) in [5.41, 5.74) is 8.85. The van der Waals surface area contributed by atoms with E-state index in [4.69, 9.17) is 5.73 Å². The molecule has 1 amide bonds. The average molecular weight is 304 g/mol. The monoisotopic (exact) mass is 304 g/mol. The van der Waals surface area contributed by atoms with Crippen LogP contribution in [0.1, 0.15) is 18.9 Å². The zero-order chi connectivity index (χ0) is 16.1. The number of nitrogen functional groups attached to an aromatic ring is 1. The molecule has 0 aliphatic carbocycles. The quantitative estimate of drug-likeness (QED) is 0.808. The molecule has 2 rings (SSSR count). The molecule has 0 spiro atoms. The minimum atomic E-state index is 0.173. The number of carbonyl (C=O) groups excluding carboxylic acids is 1. The van der Waals surface area contributed by atoms with Crippen LogP contribution in [0.25, 0.3) is 0 Å². The highest BCUT2D eigenvalue weighted by Gasteiger charge is 2.23. The second-order valence-corrected chi connectivity index (χ2v) is 6.21. The number of likely N-dealkylation sites (N-methyl/N-ethyl adjacent to an activating group) is 2. The number of nitrogens with zero attached hydrogens (tertiary/aromatic N) is 3. The fourth-order valence-corrected chi connectivity index (χ4v) is 2.82. The number of rotatable bonds is 6. The molecule has 2 N–H and O–H groups in total. The maximum atomic E-state index is 12.7. The van der Waals surface area contributed by atoms with E-state index in [0.29, 0.717) is 6.54 Å². The molecule has 1 aromatic carbocycles. The third kappa shape index (κ3) is 4.21. The molecule has 5 heteroatoms. The Morgan fingerprint density at radius 1 is 1.32 bits per heavy atom. The van der Waals surface area contributed by atoms with Gasteiger partial charge >= 0.3 is 0 Å². The Morgan fingerprint density at radius 2 is 2.09 bits per heavy atom. The van der Waals surface area contributed by atoms with E-state index in [0.717, 1.165) is 50.4 Å². The molecule has 1 aliphatic heterocycles. The van der Waals surface area contributed by atoms with Gasteiger partial charge in [0.2, 0.25) is 5.91 Å². The largest absolute Gasteiger partial charge is 0.399 e. The summed E-state index contributed by atoms with van der Waals surface area (Å²) in [6.07, 6.45) is 2.05. The van der Waals surface area contributed by atoms with Crippen molar-refractivity contribution in [3.05, 3.63) is 23.8 Å². The lowest BCUT2D eigenvalue weighted by molar-refractivity contribution is -0.119. The predicted molar refractivity (Wildman–Crippen MR) is 92.2 cm³/mol. The van der Waals surface area contributed by atoms with E-state index in [1.807, 2.05) is 23.1 Å². The van der Waals surface area contributed by atoms with Crippen molar-refractivity contribution in [3.63, 3.8) is 0 Å². The molecule has 1 heterocycles. The van der Waals surface area contributed by atoms with Crippen molar-refractivity contribution in [1.82, 2.24) is 9.80 Å². The highest BCUT2D eigenvalue weighted by atomic mass is 16.2. The van der Waals surface area contributed by atoms with Crippen molar-refractivity contribution in [2.75, 3.05) is 57.5 Å². The van der Waals surface area contributed by atoms with Crippen molar-refractivity contribution >= 4 is 17.3 Å². The Labute approximate surface area is 133 Å². The van der Waals surface area contributed by atoms with E-state index >= 15 is 0 Å². The molecule has 0 bridgehead atoms. The van der Waals surface area contributed by atoms with Crippen LogP contribution in [0.4, 0.5) is 11.4 Å². The van der Waals surface area contributed by atoms with Crippen LogP contribution in [0.2, 0.25) is 0 Å². The van der Waals surface area contributed by atoms with Crippen LogP contribution in [-0.4, -0.2) is 62.5 Å². The van der Waals surface area contributed by atoms with Crippen LogP contribution < -0.4 is 10.6 Å². The van der Waals surface area contributed by atoms with Gasteiger partial charge in [-0.25, -0.2) is 0 Å². The van der Waals surface area contributed by atoms with Crippen LogP contribution in [0.5, 0.6) is 0 Å². The highest BCUT2D eigenvalue weighted by Crippen LogP contribution is 2.29. The third-order valence-corrected chi connectivity index (χ3v) is 4.20. The first-order chi connectivity index (χ1) is 10.5. The highest BCUT2D eigenvalue weighted by molar-refractivity contribution is 5.96. The van der Waals surface area contributed by atoms with Gasteiger partial charge in [0.25, 0.3) is 0 Å². The summed E-state index contributed by atoms with van der Waals surface area (Å²) in [7, 11) is 4.11. The normalized spacial score (nSPS) is 14.5. The summed E-state index contributed by atoms with van der Waals surface area (Å²) < 4.78 is 0. The lowest BCUT2D eigenvalue weighted by Crippen LogP contribution is -2.44. The SMILES string of the molecule is CCN(CCN(C)C)CC(=O)N1CCCc2ccc(N)cc21. The van der Waals surface area contributed by atoms with Gasteiger partial charge in [-0.2, -0.15) is 0 Å². The lowest BCUT2D eigenvalue weighted by Gasteiger charge is -2.32. The van der Waals surface area contributed by atoms with E-state index in [-0.39, 0.29) is 5.91 Å². The van der Waals surface area contributed by atoms with Crippen molar-refractivity contribution in [3.8, 4) is 0 Å². The Balaban J connectivity index is 2.05. The summed E-state index contributed by atoms with van der Waals surface area (Å²) in [6.45, 7) is 6.12. The first-order valence-electron chi connectivity index (χ1n) is 8.07. The van der Waals surface area contributed by atoms with Crippen LogP contribution in [0, 0.1) is 0 Å². The van der Waals surface area contributed by atoms with Crippen molar-refractivity contribution in [2.24, 2.45) is 0 Å². The Hall–Kier alpha value is -1.59. The average Bonchev–Trinajstić information content (AvgIpc) is 2.50. The maximum absolute atomic E-state index is 12.7. The fraction of sp³-hybridized carbons (Fsp3) is 0.588. The van der Waals surface area contributed by atoms with E-state index in [9.17, 15) is 4.79 Å².